The molecule has 2 aliphatic rings. The minimum absolute atomic E-state index is 0.00989. The van der Waals surface area contributed by atoms with E-state index in [0.717, 1.165) is 18.4 Å². The van der Waals surface area contributed by atoms with Crippen molar-refractivity contribution >= 4 is 34.2 Å². The van der Waals surface area contributed by atoms with Gasteiger partial charge >= 0.3 is 0 Å². The number of phenolic OH excluding ortho intramolecular Hbond substituents is 1. The van der Waals surface area contributed by atoms with E-state index in [1.807, 2.05) is 6.07 Å². The quantitative estimate of drug-likeness (QED) is 0.498. The maximum Gasteiger partial charge on any atom is 0.235 e. The van der Waals surface area contributed by atoms with E-state index in [1.54, 1.807) is 23.1 Å². The van der Waals surface area contributed by atoms with Gasteiger partial charge in [0.1, 0.15) is 18.1 Å². The average molecular weight is 409 g/mol. The highest BCUT2D eigenvalue weighted by molar-refractivity contribution is 6.21. The summed E-state index contributed by atoms with van der Waals surface area (Å²) >= 11 is 0. The number of rotatable bonds is 6. The van der Waals surface area contributed by atoms with Gasteiger partial charge in [-0.05, 0) is 47.9 Å². The highest BCUT2D eigenvalue weighted by Gasteiger charge is 2.32. The fourth-order valence-corrected chi connectivity index (χ4v) is 4.03. The largest absolute Gasteiger partial charge is 0.507 e. The molecule has 2 saturated heterocycles. The molecule has 0 spiro atoms. The Hall–Kier alpha value is -3.42. The zero-order valence-corrected chi connectivity index (χ0v) is 16.4. The van der Waals surface area contributed by atoms with Gasteiger partial charge in [0, 0.05) is 24.9 Å². The molecule has 3 N–H and O–H groups in total. The van der Waals surface area contributed by atoms with Gasteiger partial charge in [-0.15, -0.1) is 0 Å². The second-order valence-electron chi connectivity index (χ2n) is 7.59. The summed E-state index contributed by atoms with van der Waals surface area (Å²) in [6, 6.07) is 8.52. The molecular weight excluding hydrogens is 386 g/mol. The average Bonchev–Trinajstić information content (AvgIpc) is 3.12. The summed E-state index contributed by atoms with van der Waals surface area (Å²) in [6.45, 7) is 1.69. The molecule has 30 heavy (non-hydrogen) atoms. The lowest BCUT2D eigenvalue weighted by atomic mass is 9.86. The molecule has 2 aromatic rings. The molecule has 1 atom stereocenters. The molecule has 0 saturated carbocycles. The van der Waals surface area contributed by atoms with Gasteiger partial charge in [-0.2, -0.15) is 0 Å². The Balaban J connectivity index is 1.53. The van der Waals surface area contributed by atoms with Gasteiger partial charge in [0.2, 0.25) is 17.7 Å². The Morgan fingerprint density at radius 2 is 2.03 bits per heavy atom. The summed E-state index contributed by atoms with van der Waals surface area (Å²) in [5, 5.41) is 22.6. The van der Waals surface area contributed by atoms with Crippen LogP contribution in [0, 0.1) is 11.3 Å². The smallest absolute Gasteiger partial charge is 0.235 e. The molecular formula is C22H23N3O5. The number of carbonyl (C=O) groups is 3. The van der Waals surface area contributed by atoms with E-state index in [1.165, 1.54) is 6.07 Å². The van der Waals surface area contributed by atoms with Crippen LogP contribution in [-0.4, -0.2) is 53.1 Å². The molecule has 2 heterocycles. The van der Waals surface area contributed by atoms with E-state index in [4.69, 9.17) is 10.1 Å². The summed E-state index contributed by atoms with van der Waals surface area (Å²) in [4.78, 5) is 37.0. The van der Waals surface area contributed by atoms with Gasteiger partial charge in [0.05, 0.1) is 18.2 Å². The first kappa shape index (κ1) is 19.9. The van der Waals surface area contributed by atoms with Crippen LogP contribution in [0.1, 0.15) is 31.2 Å². The van der Waals surface area contributed by atoms with Crippen LogP contribution in [0.15, 0.2) is 30.3 Å². The first-order valence-corrected chi connectivity index (χ1v) is 10.0. The Bertz CT molecular complexity index is 1050. The van der Waals surface area contributed by atoms with Crippen molar-refractivity contribution in [3.05, 3.63) is 35.9 Å². The Morgan fingerprint density at radius 1 is 1.20 bits per heavy atom. The monoisotopic (exact) mass is 409 g/mol. The van der Waals surface area contributed by atoms with E-state index >= 15 is 0 Å². The normalized spacial score (nSPS) is 19.3. The molecule has 8 nitrogen and oxygen atoms in total. The number of likely N-dealkylation sites (tertiary alicyclic amines) is 1. The molecule has 0 radical (unpaired) electrons. The number of nitrogens with zero attached hydrogens (tertiary/aromatic N) is 1. The summed E-state index contributed by atoms with van der Waals surface area (Å²) in [5.74, 6) is -0.943. The van der Waals surface area contributed by atoms with Crippen molar-refractivity contribution in [1.82, 2.24) is 10.2 Å². The third kappa shape index (κ3) is 3.85. The summed E-state index contributed by atoms with van der Waals surface area (Å²) in [5.41, 5.74) is 0.278. The van der Waals surface area contributed by atoms with Crippen molar-refractivity contribution in [3.8, 4) is 11.5 Å². The first-order valence-electron chi connectivity index (χ1n) is 10.0. The number of hydrogen-bond acceptors (Lipinski definition) is 6. The first-order chi connectivity index (χ1) is 14.4. The van der Waals surface area contributed by atoms with Crippen molar-refractivity contribution < 1.29 is 24.2 Å². The van der Waals surface area contributed by atoms with Crippen LogP contribution < -0.4 is 10.1 Å². The Labute approximate surface area is 173 Å². The summed E-state index contributed by atoms with van der Waals surface area (Å²) in [7, 11) is 0. The highest BCUT2D eigenvalue weighted by atomic mass is 16.5. The number of benzene rings is 2. The number of hydrogen-bond donors (Lipinski definition) is 3. The molecule has 8 heteroatoms. The van der Waals surface area contributed by atoms with E-state index < -0.39 is 11.8 Å². The zero-order chi connectivity index (χ0) is 21.3. The van der Waals surface area contributed by atoms with Gasteiger partial charge in [-0.25, -0.2) is 0 Å². The maximum absolute atomic E-state index is 12.2. The van der Waals surface area contributed by atoms with E-state index in [0.29, 0.717) is 30.7 Å². The molecule has 2 aromatic carbocycles. The zero-order valence-electron chi connectivity index (χ0n) is 16.4. The molecule has 1 unspecified atom stereocenters. The minimum atomic E-state index is -0.784. The van der Waals surface area contributed by atoms with Crippen molar-refractivity contribution in [3.63, 3.8) is 0 Å². The van der Waals surface area contributed by atoms with E-state index in [-0.39, 0.29) is 41.7 Å². The lowest BCUT2D eigenvalue weighted by Gasteiger charge is -2.23. The fraction of sp³-hybridized carbons (Fsp3) is 0.364. The molecule has 3 amide bonds. The summed E-state index contributed by atoms with van der Waals surface area (Å²) in [6.07, 6.45) is 1.90. The van der Waals surface area contributed by atoms with Crippen molar-refractivity contribution in [2.24, 2.45) is 5.92 Å². The van der Waals surface area contributed by atoms with Crippen LogP contribution >= 0.6 is 0 Å². The maximum atomic E-state index is 12.2. The minimum Gasteiger partial charge on any atom is -0.507 e. The highest BCUT2D eigenvalue weighted by Crippen LogP contribution is 2.33. The number of aromatic hydroxyl groups is 1. The van der Waals surface area contributed by atoms with Crippen molar-refractivity contribution in [1.29, 1.82) is 5.41 Å². The van der Waals surface area contributed by atoms with Crippen molar-refractivity contribution in [2.75, 3.05) is 19.7 Å². The molecule has 0 aromatic heterocycles. The van der Waals surface area contributed by atoms with Gasteiger partial charge < -0.3 is 20.2 Å². The molecule has 156 valence electrons. The lowest BCUT2D eigenvalue weighted by molar-refractivity contribution is -0.134. The number of piperidine rings is 1. The number of phenols is 1. The predicted octanol–water partition coefficient (Wildman–Crippen LogP) is 1.97. The molecule has 2 aliphatic heterocycles. The Kier molecular flexibility index (Phi) is 5.39. The second-order valence-corrected chi connectivity index (χ2v) is 7.59. The number of fused-ring (bicyclic) bond motifs is 1. The van der Waals surface area contributed by atoms with Gasteiger partial charge in [0.15, 0.2) is 0 Å². The predicted molar refractivity (Wildman–Crippen MR) is 110 cm³/mol. The lowest BCUT2D eigenvalue weighted by Crippen LogP contribution is -2.43. The number of nitrogens with one attached hydrogen (secondary N) is 2. The fourth-order valence-electron chi connectivity index (χ4n) is 4.03. The molecule has 0 bridgehead atoms. The van der Waals surface area contributed by atoms with E-state index in [9.17, 15) is 19.5 Å². The summed E-state index contributed by atoms with van der Waals surface area (Å²) < 4.78 is 5.79. The van der Waals surface area contributed by atoms with Gasteiger partial charge in [0.25, 0.3) is 0 Å². The molecule has 4 rings (SSSR count). The van der Waals surface area contributed by atoms with Crippen molar-refractivity contribution in [2.45, 2.75) is 25.7 Å². The molecule has 2 fully saturated rings. The van der Waals surface area contributed by atoms with Gasteiger partial charge in [-0.1, -0.05) is 6.07 Å². The standard InChI is InChI=1S/C22H23N3O5/c23-21(16-6-8-18(27)24-22(16)29)20-15-5-4-14(12-13(15)3-7-17(20)26)30-11-10-25-9-1-2-19(25)28/h3-5,7,12,16,23,26H,1-2,6,8-11H2,(H,24,27,29). The SMILES string of the molecule is N=C(c1c(O)ccc2cc(OCCN3CCCC3=O)ccc12)C1CCC(=O)NC1=O. The van der Waals surface area contributed by atoms with Crippen LogP contribution in [0.4, 0.5) is 0 Å². The number of imide groups is 1. The van der Waals surface area contributed by atoms with Crippen LogP contribution in [0.3, 0.4) is 0 Å². The number of carbonyl (C=O) groups excluding carboxylic acids is 3. The second kappa shape index (κ2) is 8.14. The van der Waals surface area contributed by atoms with Crippen LogP contribution in [-0.2, 0) is 14.4 Å². The molecule has 0 aliphatic carbocycles. The van der Waals surface area contributed by atoms with Gasteiger partial charge in [-0.3, -0.25) is 19.7 Å². The number of ether oxygens (including phenoxy) is 1. The van der Waals surface area contributed by atoms with Crippen LogP contribution in [0.2, 0.25) is 0 Å². The Morgan fingerprint density at radius 3 is 2.77 bits per heavy atom. The number of amides is 3. The topological polar surface area (TPSA) is 120 Å². The third-order valence-electron chi connectivity index (χ3n) is 5.63. The van der Waals surface area contributed by atoms with Crippen LogP contribution in [0.25, 0.3) is 10.8 Å². The van der Waals surface area contributed by atoms with Crippen LogP contribution in [0.5, 0.6) is 11.5 Å². The third-order valence-corrected chi connectivity index (χ3v) is 5.63. The van der Waals surface area contributed by atoms with E-state index in [2.05, 4.69) is 5.32 Å².